The number of hydrogen-bond donors (Lipinski definition) is 2. The predicted octanol–water partition coefficient (Wildman–Crippen LogP) is 0.0771. The molecule has 1 fully saturated rings. The smallest absolute Gasteiger partial charge is 0.234 e. The van der Waals surface area contributed by atoms with Crippen molar-refractivity contribution < 1.29 is 14.3 Å². The molecule has 0 aromatic carbocycles. The van der Waals surface area contributed by atoms with Gasteiger partial charge in [-0.1, -0.05) is 0 Å². The summed E-state index contributed by atoms with van der Waals surface area (Å²) in [6, 6.07) is 0. The third-order valence-electron chi connectivity index (χ3n) is 3.25. The van der Waals surface area contributed by atoms with Crippen LogP contribution in [-0.2, 0) is 14.3 Å². The Morgan fingerprint density at radius 1 is 1.45 bits per heavy atom. The Morgan fingerprint density at radius 2 is 2.23 bits per heavy atom. The van der Waals surface area contributed by atoms with E-state index in [4.69, 9.17) is 4.74 Å². The zero-order chi connectivity index (χ0) is 15.9. The molecule has 0 bridgehead atoms. The number of ether oxygens (including phenoxy) is 1. The van der Waals surface area contributed by atoms with Crippen molar-refractivity contribution in [1.29, 1.82) is 0 Å². The van der Waals surface area contributed by atoms with Crippen LogP contribution in [0.1, 0.15) is 23.7 Å². The predicted molar refractivity (Wildman–Crippen MR) is 83.7 cm³/mol. The number of carbonyl (C=O) groups is 2. The number of aryl methyl sites for hydroxylation is 1. The molecule has 0 spiro atoms. The van der Waals surface area contributed by atoms with Gasteiger partial charge in [0.15, 0.2) is 0 Å². The van der Waals surface area contributed by atoms with Crippen LogP contribution >= 0.6 is 11.3 Å². The molecular formula is C14H22N4O3S. The number of carbonyl (C=O) groups excluding carboxylic acids is 2. The summed E-state index contributed by atoms with van der Waals surface area (Å²) >= 11 is 1.59. The van der Waals surface area contributed by atoms with Crippen molar-refractivity contribution >= 4 is 23.2 Å². The monoisotopic (exact) mass is 326 g/mol. The molecular weight excluding hydrogens is 304 g/mol. The lowest BCUT2D eigenvalue weighted by atomic mass is 10.2. The Kier molecular flexibility index (Phi) is 6.29. The maximum Gasteiger partial charge on any atom is 0.234 e. The van der Waals surface area contributed by atoms with E-state index >= 15 is 0 Å². The second-order valence-electron chi connectivity index (χ2n) is 5.25. The summed E-state index contributed by atoms with van der Waals surface area (Å²) in [5.41, 5.74) is 0.997. The highest BCUT2D eigenvalue weighted by Crippen LogP contribution is 2.24. The first kappa shape index (κ1) is 16.9. The number of nitrogens with one attached hydrogen (secondary N) is 2. The maximum atomic E-state index is 11.9. The third kappa shape index (κ3) is 5.36. The van der Waals surface area contributed by atoms with Crippen molar-refractivity contribution in [2.45, 2.75) is 20.0 Å². The van der Waals surface area contributed by atoms with Gasteiger partial charge in [0.2, 0.25) is 11.8 Å². The lowest BCUT2D eigenvalue weighted by molar-refractivity contribution is -0.124. The van der Waals surface area contributed by atoms with Crippen LogP contribution in [0.25, 0.3) is 0 Å². The number of aromatic nitrogens is 1. The van der Waals surface area contributed by atoms with Crippen LogP contribution in [0.5, 0.6) is 0 Å². The van der Waals surface area contributed by atoms with Crippen molar-refractivity contribution in [3.05, 3.63) is 16.1 Å². The van der Waals surface area contributed by atoms with Gasteiger partial charge >= 0.3 is 0 Å². The van der Waals surface area contributed by atoms with Gasteiger partial charge in [0, 0.05) is 44.2 Å². The van der Waals surface area contributed by atoms with Crippen molar-refractivity contribution in [3.8, 4) is 0 Å². The molecule has 8 heteroatoms. The number of thiazole rings is 1. The van der Waals surface area contributed by atoms with Gasteiger partial charge in [-0.05, 0) is 6.92 Å². The molecule has 2 N–H and O–H groups in total. The molecule has 7 nitrogen and oxygen atoms in total. The molecule has 1 aromatic heterocycles. The van der Waals surface area contributed by atoms with Gasteiger partial charge in [0.1, 0.15) is 11.1 Å². The van der Waals surface area contributed by atoms with Crippen LogP contribution < -0.4 is 10.6 Å². The van der Waals surface area contributed by atoms with Crippen LogP contribution in [0.2, 0.25) is 0 Å². The van der Waals surface area contributed by atoms with Gasteiger partial charge in [0.25, 0.3) is 0 Å². The molecule has 2 heterocycles. The highest BCUT2D eigenvalue weighted by molar-refractivity contribution is 7.09. The molecule has 1 aliphatic rings. The fourth-order valence-corrected chi connectivity index (χ4v) is 3.05. The minimum Gasteiger partial charge on any atom is -0.368 e. The van der Waals surface area contributed by atoms with Crippen molar-refractivity contribution in [2.24, 2.45) is 0 Å². The molecule has 0 radical (unpaired) electrons. The van der Waals surface area contributed by atoms with Gasteiger partial charge in [-0.25, -0.2) is 4.98 Å². The van der Waals surface area contributed by atoms with Gasteiger partial charge in [-0.3, -0.25) is 14.5 Å². The molecule has 1 saturated heterocycles. The van der Waals surface area contributed by atoms with Crippen LogP contribution in [0.3, 0.4) is 0 Å². The van der Waals surface area contributed by atoms with E-state index in [9.17, 15) is 9.59 Å². The van der Waals surface area contributed by atoms with E-state index in [2.05, 4.69) is 20.5 Å². The average molecular weight is 326 g/mol. The molecule has 1 atom stereocenters. The summed E-state index contributed by atoms with van der Waals surface area (Å²) in [7, 11) is 0. The first-order valence-electron chi connectivity index (χ1n) is 7.31. The molecule has 0 unspecified atom stereocenters. The second kappa shape index (κ2) is 8.21. The van der Waals surface area contributed by atoms with E-state index in [1.165, 1.54) is 6.92 Å². The number of amides is 2. The quantitative estimate of drug-likeness (QED) is 0.723. The molecule has 0 aliphatic carbocycles. The lowest BCUT2D eigenvalue weighted by Crippen LogP contribution is -2.45. The zero-order valence-corrected chi connectivity index (χ0v) is 13.7. The standard InChI is InChI=1S/C14H22N4O3S/c1-10-9-22-14(17-10)12-7-18(5-6-21-12)8-13(20)16-4-3-15-11(2)19/h9,12H,3-8H2,1-2H3,(H,15,19)(H,16,20)/t12-/m0/s1. The van der Waals surface area contributed by atoms with Crippen molar-refractivity contribution in [2.75, 3.05) is 39.3 Å². The lowest BCUT2D eigenvalue weighted by Gasteiger charge is -2.31. The molecule has 1 aliphatic heterocycles. The summed E-state index contributed by atoms with van der Waals surface area (Å²) in [6.07, 6.45) is -0.0559. The fourth-order valence-electron chi connectivity index (χ4n) is 2.22. The Labute approximate surface area is 134 Å². The third-order valence-corrected chi connectivity index (χ3v) is 4.31. The SMILES string of the molecule is CC(=O)NCCNC(=O)CN1CCO[C@H](c2nc(C)cs2)C1. The first-order chi connectivity index (χ1) is 10.5. The summed E-state index contributed by atoms with van der Waals surface area (Å²) in [4.78, 5) is 29.1. The van der Waals surface area contributed by atoms with Crippen LogP contribution in [-0.4, -0.2) is 61.0 Å². The van der Waals surface area contributed by atoms with Gasteiger partial charge < -0.3 is 15.4 Å². The van der Waals surface area contributed by atoms with Crippen molar-refractivity contribution in [3.63, 3.8) is 0 Å². The van der Waals surface area contributed by atoms with E-state index in [-0.39, 0.29) is 17.9 Å². The Balaban J connectivity index is 1.73. The Bertz CT molecular complexity index is 520. The Hall–Kier alpha value is -1.51. The first-order valence-corrected chi connectivity index (χ1v) is 8.19. The Morgan fingerprint density at radius 3 is 2.91 bits per heavy atom. The van der Waals surface area contributed by atoms with E-state index in [0.29, 0.717) is 32.8 Å². The van der Waals surface area contributed by atoms with E-state index < -0.39 is 0 Å². The summed E-state index contributed by atoms with van der Waals surface area (Å²) in [5, 5.41) is 8.41. The highest BCUT2D eigenvalue weighted by Gasteiger charge is 2.25. The van der Waals surface area contributed by atoms with Crippen LogP contribution in [0.15, 0.2) is 5.38 Å². The largest absolute Gasteiger partial charge is 0.368 e. The number of hydrogen-bond acceptors (Lipinski definition) is 6. The summed E-state index contributed by atoms with van der Waals surface area (Å²) in [5.74, 6) is -0.134. The summed E-state index contributed by atoms with van der Waals surface area (Å²) < 4.78 is 5.74. The van der Waals surface area contributed by atoms with Crippen LogP contribution in [0, 0.1) is 6.92 Å². The minimum atomic E-state index is -0.0935. The zero-order valence-electron chi connectivity index (χ0n) is 12.9. The van der Waals surface area contributed by atoms with E-state index in [1.807, 2.05) is 12.3 Å². The van der Waals surface area contributed by atoms with Crippen LogP contribution in [0.4, 0.5) is 0 Å². The molecule has 122 valence electrons. The van der Waals surface area contributed by atoms with Gasteiger partial charge in [0.05, 0.1) is 13.2 Å². The molecule has 1 aromatic rings. The van der Waals surface area contributed by atoms with E-state index in [0.717, 1.165) is 17.2 Å². The van der Waals surface area contributed by atoms with Gasteiger partial charge in [-0.2, -0.15) is 0 Å². The number of rotatable bonds is 6. The average Bonchev–Trinajstić information content (AvgIpc) is 2.90. The number of morpholine rings is 1. The maximum absolute atomic E-state index is 11.9. The van der Waals surface area contributed by atoms with Crippen molar-refractivity contribution in [1.82, 2.24) is 20.5 Å². The molecule has 0 saturated carbocycles. The fraction of sp³-hybridized carbons (Fsp3) is 0.643. The summed E-state index contributed by atoms with van der Waals surface area (Å²) in [6.45, 7) is 6.65. The minimum absolute atomic E-state index is 0.0404. The molecule has 2 amide bonds. The highest BCUT2D eigenvalue weighted by atomic mass is 32.1. The molecule has 22 heavy (non-hydrogen) atoms. The molecule has 2 rings (SSSR count). The van der Waals surface area contributed by atoms with E-state index in [1.54, 1.807) is 11.3 Å². The number of nitrogens with zero attached hydrogens (tertiary/aromatic N) is 2. The normalized spacial score (nSPS) is 18.9. The second-order valence-corrected chi connectivity index (χ2v) is 6.14. The van der Waals surface area contributed by atoms with Gasteiger partial charge in [-0.15, -0.1) is 11.3 Å². The topological polar surface area (TPSA) is 83.6 Å².